The van der Waals surface area contributed by atoms with Gasteiger partial charge in [-0.25, -0.2) is 0 Å². The van der Waals surface area contributed by atoms with Crippen LogP contribution in [0.2, 0.25) is 5.02 Å². The first-order chi connectivity index (χ1) is 11.4. The van der Waals surface area contributed by atoms with Crippen LogP contribution in [0.1, 0.15) is 42.9 Å². The van der Waals surface area contributed by atoms with E-state index >= 15 is 0 Å². The minimum Gasteiger partial charge on any atom is -0.314 e. The quantitative estimate of drug-likeness (QED) is 0.485. The van der Waals surface area contributed by atoms with Crippen molar-refractivity contribution in [2.45, 2.75) is 37.9 Å². The van der Waals surface area contributed by atoms with Gasteiger partial charge in [0.15, 0.2) is 0 Å². The Bertz CT molecular complexity index is 544. The lowest BCUT2D eigenvalue weighted by molar-refractivity contribution is -0.138. The van der Waals surface area contributed by atoms with Crippen LogP contribution in [0.4, 0.5) is 13.2 Å². The van der Waals surface area contributed by atoms with Gasteiger partial charge in [0.05, 0.1) is 5.56 Å². The molecule has 1 heterocycles. The van der Waals surface area contributed by atoms with Gasteiger partial charge in [-0.15, -0.1) is 19.0 Å². The Morgan fingerprint density at radius 1 is 1.24 bits per heavy atom. The molecule has 1 aliphatic rings. The molecule has 0 saturated carbocycles. The number of halogens is 5. The molecule has 0 radical (unpaired) electrons. The van der Waals surface area contributed by atoms with Crippen molar-refractivity contribution < 1.29 is 13.2 Å². The predicted molar refractivity (Wildman–Crippen MR) is 99.6 cm³/mol. The molecule has 1 aromatic rings. The van der Waals surface area contributed by atoms with Gasteiger partial charge >= 0.3 is 6.18 Å². The average molecular weight is 397 g/mol. The monoisotopic (exact) mass is 396 g/mol. The second kappa shape index (κ2) is 10.4. The van der Waals surface area contributed by atoms with Gasteiger partial charge in [-0.1, -0.05) is 30.2 Å². The van der Waals surface area contributed by atoms with Crippen molar-refractivity contribution in [1.82, 2.24) is 10.2 Å². The number of allylic oxidation sites excluding steroid dienone is 1. The number of alkyl halides is 3. The van der Waals surface area contributed by atoms with Crippen molar-refractivity contribution in [2.75, 3.05) is 26.2 Å². The fraction of sp³-hybridized carbons (Fsp3) is 0.556. The normalized spacial score (nSPS) is 17.0. The summed E-state index contributed by atoms with van der Waals surface area (Å²) in [5.74, 6) is 0. The number of benzene rings is 1. The molecule has 2 nitrogen and oxygen atoms in total. The Morgan fingerprint density at radius 3 is 2.52 bits per heavy atom. The molecule has 142 valence electrons. The van der Waals surface area contributed by atoms with E-state index in [4.69, 9.17) is 11.6 Å². The van der Waals surface area contributed by atoms with Gasteiger partial charge in [0, 0.05) is 37.2 Å². The zero-order valence-corrected chi connectivity index (χ0v) is 15.7. The second-order valence-corrected chi connectivity index (χ2v) is 6.54. The third kappa shape index (κ3) is 6.48. The predicted octanol–water partition coefficient (Wildman–Crippen LogP) is 5.47. The van der Waals surface area contributed by atoms with E-state index in [9.17, 15) is 13.2 Å². The van der Waals surface area contributed by atoms with Crippen molar-refractivity contribution in [3.8, 4) is 0 Å². The lowest BCUT2D eigenvalue weighted by Gasteiger charge is -2.36. The summed E-state index contributed by atoms with van der Waals surface area (Å²) in [7, 11) is 0. The fourth-order valence-electron chi connectivity index (χ4n) is 3.22. The Kier molecular flexibility index (Phi) is 9.28. The zero-order valence-electron chi connectivity index (χ0n) is 14.1. The summed E-state index contributed by atoms with van der Waals surface area (Å²) < 4.78 is 40.5. The number of piperazine rings is 1. The summed E-state index contributed by atoms with van der Waals surface area (Å²) in [6.07, 6.45) is 0.873. The Hall–Kier alpha value is -0.750. The van der Waals surface area contributed by atoms with Crippen molar-refractivity contribution in [3.05, 3.63) is 47.0 Å². The number of nitrogens with one attached hydrogen (secondary N) is 1. The van der Waals surface area contributed by atoms with Gasteiger partial charge in [-0.3, -0.25) is 4.90 Å². The lowest BCUT2D eigenvalue weighted by Crippen LogP contribution is -2.45. The average Bonchev–Trinajstić information content (AvgIpc) is 2.55. The number of nitrogens with zero attached hydrogens (tertiary/aromatic N) is 1. The largest absolute Gasteiger partial charge is 0.416 e. The Balaban J connectivity index is 0.00000312. The highest BCUT2D eigenvalue weighted by atomic mass is 35.5. The molecule has 7 heteroatoms. The van der Waals surface area contributed by atoms with Crippen molar-refractivity contribution in [2.24, 2.45) is 0 Å². The topological polar surface area (TPSA) is 15.3 Å². The molecule has 0 amide bonds. The third-order valence-corrected chi connectivity index (χ3v) is 4.64. The fourth-order valence-corrected chi connectivity index (χ4v) is 3.39. The number of rotatable bonds is 7. The Morgan fingerprint density at radius 2 is 1.92 bits per heavy atom. The van der Waals surface area contributed by atoms with E-state index in [-0.39, 0.29) is 23.5 Å². The maximum atomic E-state index is 13.5. The summed E-state index contributed by atoms with van der Waals surface area (Å²) in [4.78, 5) is 2.16. The van der Waals surface area contributed by atoms with Gasteiger partial charge in [0.1, 0.15) is 0 Å². The van der Waals surface area contributed by atoms with Crippen LogP contribution in [0.25, 0.3) is 0 Å². The maximum Gasteiger partial charge on any atom is 0.416 e. The maximum absolute atomic E-state index is 13.5. The van der Waals surface area contributed by atoms with E-state index in [1.807, 2.05) is 6.08 Å². The number of hydrogen-bond acceptors (Lipinski definition) is 2. The van der Waals surface area contributed by atoms with Crippen LogP contribution >= 0.6 is 24.0 Å². The number of unbranched alkanes of at least 4 members (excludes halogenated alkanes) is 2. The standard InChI is InChI=1S/C18H24ClF3N2.ClH/c1-2-3-4-5-6-17(24-11-9-23-10-12-24)15-8-7-14(19)13-16(15)18(20,21)22;/h2,7-8,13,17,23H,1,3-6,9-12H2;1H/t17-;/m1./s1. The highest BCUT2D eigenvalue weighted by Crippen LogP contribution is 2.39. The van der Waals surface area contributed by atoms with Crippen LogP contribution in [0.15, 0.2) is 30.9 Å². The summed E-state index contributed by atoms with van der Waals surface area (Å²) in [6.45, 7) is 6.82. The van der Waals surface area contributed by atoms with Crippen LogP contribution < -0.4 is 5.32 Å². The van der Waals surface area contributed by atoms with E-state index in [0.717, 1.165) is 51.5 Å². The molecule has 1 fully saturated rings. The van der Waals surface area contributed by atoms with E-state index in [0.29, 0.717) is 12.0 Å². The first kappa shape index (κ1) is 22.3. The van der Waals surface area contributed by atoms with Crippen molar-refractivity contribution in [1.29, 1.82) is 0 Å². The second-order valence-electron chi connectivity index (χ2n) is 6.10. The molecule has 0 unspecified atom stereocenters. The molecule has 0 bridgehead atoms. The highest BCUT2D eigenvalue weighted by Gasteiger charge is 2.36. The highest BCUT2D eigenvalue weighted by molar-refractivity contribution is 6.30. The Labute approximate surface area is 158 Å². The van der Waals surface area contributed by atoms with E-state index in [1.165, 1.54) is 0 Å². The van der Waals surface area contributed by atoms with Crippen LogP contribution in [-0.2, 0) is 6.18 Å². The molecule has 1 N–H and O–H groups in total. The number of hydrogen-bond donors (Lipinski definition) is 1. The van der Waals surface area contributed by atoms with Crippen molar-refractivity contribution >= 4 is 24.0 Å². The van der Waals surface area contributed by atoms with Crippen LogP contribution in [-0.4, -0.2) is 31.1 Å². The molecule has 1 atom stereocenters. The lowest BCUT2D eigenvalue weighted by atomic mass is 9.93. The molecule has 25 heavy (non-hydrogen) atoms. The summed E-state index contributed by atoms with van der Waals surface area (Å²) in [6, 6.07) is 3.93. The van der Waals surface area contributed by atoms with Gasteiger partial charge in [0.25, 0.3) is 0 Å². The van der Waals surface area contributed by atoms with Gasteiger partial charge in [-0.2, -0.15) is 13.2 Å². The molecule has 0 aromatic heterocycles. The van der Waals surface area contributed by atoms with Gasteiger partial charge in [0.2, 0.25) is 0 Å². The van der Waals surface area contributed by atoms with E-state index in [2.05, 4.69) is 16.8 Å². The molecular formula is C18H25Cl2F3N2. The molecule has 0 spiro atoms. The van der Waals surface area contributed by atoms with Crippen LogP contribution in [0.3, 0.4) is 0 Å². The molecule has 1 aliphatic heterocycles. The minimum atomic E-state index is -4.40. The summed E-state index contributed by atoms with van der Waals surface area (Å²) >= 11 is 5.82. The summed E-state index contributed by atoms with van der Waals surface area (Å²) in [5.41, 5.74) is -0.269. The molecule has 1 saturated heterocycles. The first-order valence-electron chi connectivity index (χ1n) is 8.36. The van der Waals surface area contributed by atoms with Crippen LogP contribution in [0, 0.1) is 0 Å². The minimum absolute atomic E-state index is 0. The summed E-state index contributed by atoms with van der Waals surface area (Å²) in [5, 5.41) is 3.38. The van der Waals surface area contributed by atoms with E-state index in [1.54, 1.807) is 12.1 Å². The molecule has 2 rings (SSSR count). The first-order valence-corrected chi connectivity index (χ1v) is 8.73. The molecule has 0 aliphatic carbocycles. The van der Waals surface area contributed by atoms with Crippen molar-refractivity contribution in [3.63, 3.8) is 0 Å². The van der Waals surface area contributed by atoms with Gasteiger partial charge < -0.3 is 5.32 Å². The van der Waals surface area contributed by atoms with Crippen LogP contribution in [0.5, 0.6) is 0 Å². The zero-order chi connectivity index (χ0) is 17.6. The SMILES string of the molecule is C=CCCCC[C@H](c1ccc(Cl)cc1C(F)(F)F)N1CCNCC1.Cl. The molecule has 1 aromatic carbocycles. The van der Waals surface area contributed by atoms with Gasteiger partial charge in [-0.05, 0) is 37.0 Å². The molecular weight excluding hydrogens is 372 g/mol. The third-order valence-electron chi connectivity index (χ3n) is 4.41. The smallest absolute Gasteiger partial charge is 0.314 e. The van der Waals surface area contributed by atoms with E-state index < -0.39 is 11.7 Å².